The van der Waals surface area contributed by atoms with E-state index >= 15 is 0 Å². The molecule has 27 heavy (non-hydrogen) atoms. The van der Waals surface area contributed by atoms with Crippen molar-refractivity contribution >= 4 is 23.2 Å². The van der Waals surface area contributed by atoms with E-state index in [0.29, 0.717) is 24.3 Å². The number of hydrogen-bond acceptors (Lipinski definition) is 4. The molecule has 6 heteroatoms. The molecular weight excluding hydrogens is 340 g/mol. The van der Waals surface area contributed by atoms with Crippen molar-refractivity contribution in [1.82, 2.24) is 5.32 Å². The second-order valence-corrected chi connectivity index (χ2v) is 6.68. The zero-order chi connectivity index (χ0) is 19.4. The molecule has 138 valence electrons. The van der Waals surface area contributed by atoms with Crippen molar-refractivity contribution in [2.75, 3.05) is 23.3 Å². The summed E-state index contributed by atoms with van der Waals surface area (Å²) in [5.74, 6) is -0.276. The van der Waals surface area contributed by atoms with Gasteiger partial charge in [-0.25, -0.2) is 0 Å². The average Bonchev–Trinajstić information content (AvgIpc) is 3.01. The molecule has 0 saturated heterocycles. The highest BCUT2D eigenvalue weighted by molar-refractivity contribution is 6.04. The predicted molar refractivity (Wildman–Crippen MR) is 105 cm³/mol. The zero-order valence-corrected chi connectivity index (χ0v) is 15.5. The van der Waals surface area contributed by atoms with Gasteiger partial charge in [0.05, 0.1) is 24.6 Å². The van der Waals surface area contributed by atoms with Gasteiger partial charge < -0.3 is 15.5 Å². The Morgan fingerprint density at radius 3 is 2.70 bits per heavy atom. The molecule has 0 aromatic heterocycles. The second-order valence-electron chi connectivity index (χ2n) is 6.68. The van der Waals surface area contributed by atoms with E-state index in [1.807, 2.05) is 44.2 Å². The van der Waals surface area contributed by atoms with Gasteiger partial charge in [0.2, 0.25) is 5.91 Å². The molecule has 0 spiro atoms. The summed E-state index contributed by atoms with van der Waals surface area (Å²) in [7, 11) is 0. The highest BCUT2D eigenvalue weighted by atomic mass is 16.2. The Kier molecular flexibility index (Phi) is 5.41. The maximum absolute atomic E-state index is 12.9. The number of hydrogen-bond donors (Lipinski definition) is 2. The lowest BCUT2D eigenvalue weighted by molar-refractivity contribution is -0.117. The molecule has 2 N–H and O–H groups in total. The molecule has 6 nitrogen and oxygen atoms in total. The first-order chi connectivity index (χ1) is 13.0. The van der Waals surface area contributed by atoms with E-state index < -0.39 is 0 Å². The quantitative estimate of drug-likeness (QED) is 0.827. The molecule has 0 saturated carbocycles. The van der Waals surface area contributed by atoms with Gasteiger partial charge in [-0.05, 0) is 48.7 Å². The zero-order valence-electron chi connectivity index (χ0n) is 15.5. The highest BCUT2D eigenvalue weighted by Crippen LogP contribution is 2.24. The molecule has 0 atom stereocenters. The normalized spacial score (nSPS) is 12.1. The van der Waals surface area contributed by atoms with Crippen LogP contribution in [0.1, 0.15) is 33.5 Å². The van der Waals surface area contributed by atoms with E-state index in [9.17, 15) is 9.59 Å². The summed E-state index contributed by atoms with van der Waals surface area (Å²) in [5, 5.41) is 14.8. The number of amides is 2. The Morgan fingerprint density at radius 2 is 2.00 bits per heavy atom. The molecule has 2 aromatic rings. The minimum Gasteiger partial charge on any atom is -0.375 e. The largest absolute Gasteiger partial charge is 0.375 e. The van der Waals surface area contributed by atoms with Gasteiger partial charge in [-0.2, -0.15) is 5.26 Å². The van der Waals surface area contributed by atoms with Gasteiger partial charge in [-0.3, -0.25) is 9.59 Å². The van der Waals surface area contributed by atoms with Crippen LogP contribution >= 0.6 is 0 Å². The summed E-state index contributed by atoms with van der Waals surface area (Å²) in [6.45, 7) is 4.84. The Morgan fingerprint density at radius 1 is 1.26 bits per heavy atom. The van der Waals surface area contributed by atoms with Crippen LogP contribution in [0.25, 0.3) is 0 Å². The van der Waals surface area contributed by atoms with Crippen LogP contribution in [0.2, 0.25) is 0 Å². The molecule has 0 unspecified atom stereocenters. The van der Waals surface area contributed by atoms with Crippen molar-refractivity contribution in [1.29, 1.82) is 5.26 Å². The van der Waals surface area contributed by atoms with E-state index in [0.717, 1.165) is 22.4 Å². The Bertz CT molecular complexity index is 910. The molecular formula is C21H22N4O2. The fourth-order valence-corrected chi connectivity index (χ4v) is 3.36. The van der Waals surface area contributed by atoms with E-state index in [4.69, 9.17) is 5.26 Å². The fraction of sp³-hybridized carbons (Fsp3) is 0.286. The maximum atomic E-state index is 12.9. The number of rotatable bonds is 6. The first-order valence-electron chi connectivity index (χ1n) is 8.89. The van der Waals surface area contributed by atoms with Gasteiger partial charge in [0.15, 0.2) is 0 Å². The van der Waals surface area contributed by atoms with E-state index in [1.54, 1.807) is 11.0 Å². The second kappa shape index (κ2) is 7.92. The van der Waals surface area contributed by atoms with Gasteiger partial charge in [-0.1, -0.05) is 18.2 Å². The van der Waals surface area contributed by atoms with Gasteiger partial charge >= 0.3 is 0 Å². The van der Waals surface area contributed by atoms with E-state index in [2.05, 4.69) is 16.7 Å². The molecule has 0 fully saturated rings. The number of nitrogens with zero attached hydrogens (tertiary/aromatic N) is 2. The Hall–Kier alpha value is -3.33. The molecule has 1 aliphatic rings. The van der Waals surface area contributed by atoms with Gasteiger partial charge in [-0.15, -0.1) is 0 Å². The van der Waals surface area contributed by atoms with Crippen LogP contribution in [-0.4, -0.2) is 24.9 Å². The van der Waals surface area contributed by atoms with Gasteiger partial charge in [0, 0.05) is 24.5 Å². The molecule has 0 bridgehead atoms. The minimum atomic E-state index is -0.147. The van der Waals surface area contributed by atoms with Crippen LogP contribution in [0.4, 0.5) is 11.4 Å². The van der Waals surface area contributed by atoms with Crippen molar-refractivity contribution in [2.45, 2.75) is 26.8 Å². The molecule has 1 aliphatic heterocycles. The first-order valence-corrected chi connectivity index (χ1v) is 8.89. The summed E-state index contributed by atoms with van der Waals surface area (Å²) in [4.78, 5) is 26.5. The topological polar surface area (TPSA) is 85.2 Å². The third kappa shape index (κ3) is 4.09. The van der Waals surface area contributed by atoms with Gasteiger partial charge in [0.25, 0.3) is 5.91 Å². The van der Waals surface area contributed by atoms with E-state index in [-0.39, 0.29) is 24.8 Å². The molecule has 1 heterocycles. The average molecular weight is 362 g/mol. The van der Waals surface area contributed by atoms with Crippen molar-refractivity contribution in [2.24, 2.45) is 0 Å². The monoisotopic (exact) mass is 362 g/mol. The summed E-state index contributed by atoms with van der Waals surface area (Å²) in [5.41, 5.74) is 5.07. The molecule has 0 radical (unpaired) electrons. The van der Waals surface area contributed by atoms with Crippen LogP contribution in [0, 0.1) is 25.2 Å². The van der Waals surface area contributed by atoms with Crippen LogP contribution in [0.15, 0.2) is 36.4 Å². The van der Waals surface area contributed by atoms with E-state index in [1.165, 1.54) is 0 Å². The Labute approximate surface area is 158 Å². The van der Waals surface area contributed by atoms with Crippen molar-refractivity contribution in [3.05, 3.63) is 58.7 Å². The Balaban J connectivity index is 1.79. The number of fused-ring (bicyclic) bond motifs is 1. The molecule has 0 aliphatic carbocycles. The van der Waals surface area contributed by atoms with Crippen LogP contribution in [-0.2, 0) is 11.3 Å². The van der Waals surface area contributed by atoms with Gasteiger partial charge in [0.1, 0.15) is 0 Å². The van der Waals surface area contributed by atoms with Crippen molar-refractivity contribution < 1.29 is 9.59 Å². The van der Waals surface area contributed by atoms with Crippen LogP contribution < -0.4 is 15.5 Å². The summed E-state index contributed by atoms with van der Waals surface area (Å²) in [6.07, 6.45) is 0.252. The number of carbonyl (C=O) groups excluding carboxylic acids is 2. The fourth-order valence-electron chi connectivity index (χ4n) is 3.36. The molecule has 2 aromatic carbocycles. The number of benzene rings is 2. The minimum absolute atomic E-state index is 0.0438. The third-order valence-corrected chi connectivity index (χ3v) is 4.51. The molecule has 2 amide bonds. The smallest absolute Gasteiger partial charge is 0.253 e. The highest BCUT2D eigenvalue weighted by Gasteiger charge is 2.23. The van der Waals surface area contributed by atoms with Crippen molar-refractivity contribution in [3.63, 3.8) is 0 Å². The summed E-state index contributed by atoms with van der Waals surface area (Å²) >= 11 is 0. The summed E-state index contributed by atoms with van der Waals surface area (Å²) in [6, 6.07) is 13.6. The maximum Gasteiger partial charge on any atom is 0.253 e. The first kappa shape index (κ1) is 18.5. The number of carbonyl (C=O) groups is 2. The number of nitriles is 1. The number of anilines is 2. The van der Waals surface area contributed by atoms with Crippen LogP contribution in [0.3, 0.4) is 0 Å². The lowest BCUT2D eigenvalue weighted by Gasteiger charge is -2.23. The van der Waals surface area contributed by atoms with Crippen LogP contribution in [0.5, 0.6) is 0 Å². The lowest BCUT2D eigenvalue weighted by atomic mass is 10.1. The van der Waals surface area contributed by atoms with Crippen molar-refractivity contribution in [3.8, 4) is 6.07 Å². The number of nitrogens with one attached hydrogen (secondary N) is 2. The number of aryl methyl sites for hydroxylation is 2. The lowest BCUT2D eigenvalue weighted by Crippen LogP contribution is -2.36. The summed E-state index contributed by atoms with van der Waals surface area (Å²) < 4.78 is 0. The third-order valence-electron chi connectivity index (χ3n) is 4.51. The SMILES string of the molecule is Cc1cc(C)cc(N(CCC#N)C(=O)CNc2cccc3c2C(=O)NC3)c1. The molecule has 3 rings (SSSR count). The predicted octanol–water partition coefficient (Wildman–Crippen LogP) is 2.91. The standard InChI is InChI=1S/C21H22N4O2/c1-14-9-15(2)11-17(10-14)25(8-4-7-22)19(26)13-23-18-6-3-5-16-12-24-21(27)20(16)18/h3,5-6,9-11,23H,4,8,12-13H2,1-2H3,(H,24,27).